The minimum absolute atomic E-state index is 0.152. The molecule has 1 aliphatic heterocycles. The van der Waals surface area contributed by atoms with Crippen molar-refractivity contribution in [1.82, 2.24) is 4.90 Å². The second-order valence-electron chi connectivity index (χ2n) is 5.64. The normalized spacial score (nSPS) is 17.9. The molecule has 0 aromatic heterocycles. The van der Waals surface area contributed by atoms with E-state index in [1.165, 1.54) is 11.0 Å². The van der Waals surface area contributed by atoms with Gasteiger partial charge in [0.25, 0.3) is 5.91 Å². The first-order valence-corrected chi connectivity index (χ1v) is 9.73. The van der Waals surface area contributed by atoms with Gasteiger partial charge in [-0.2, -0.15) is 0 Å². The minimum atomic E-state index is -3.46. The SMILES string of the molecule is O=C(c1cc(Cl)ccc1Cl)N1CCC(S(=O)(=O)c2ccccc2)C1. The molecule has 0 N–H and O–H groups in total. The Morgan fingerprint density at radius 1 is 1.08 bits per heavy atom. The van der Waals surface area contributed by atoms with Crippen LogP contribution in [-0.2, 0) is 9.84 Å². The number of hydrogen-bond acceptors (Lipinski definition) is 3. The largest absolute Gasteiger partial charge is 0.337 e. The van der Waals surface area contributed by atoms with E-state index in [0.29, 0.717) is 28.6 Å². The molecule has 1 saturated heterocycles. The molecule has 1 unspecified atom stereocenters. The number of carbonyl (C=O) groups excluding carboxylic acids is 1. The lowest BCUT2D eigenvalue weighted by molar-refractivity contribution is 0.0793. The summed E-state index contributed by atoms with van der Waals surface area (Å²) in [5.74, 6) is -0.298. The van der Waals surface area contributed by atoms with Crippen LogP contribution in [0.4, 0.5) is 0 Å². The number of rotatable bonds is 3. The zero-order valence-corrected chi connectivity index (χ0v) is 15.0. The topological polar surface area (TPSA) is 54.5 Å². The van der Waals surface area contributed by atoms with E-state index in [-0.39, 0.29) is 17.3 Å². The van der Waals surface area contributed by atoms with Crippen molar-refractivity contribution in [3.05, 3.63) is 64.1 Å². The van der Waals surface area contributed by atoms with Gasteiger partial charge >= 0.3 is 0 Å². The predicted octanol–water partition coefficient (Wildman–Crippen LogP) is 3.68. The van der Waals surface area contributed by atoms with Crippen LogP contribution in [-0.4, -0.2) is 37.6 Å². The van der Waals surface area contributed by atoms with Crippen molar-refractivity contribution in [2.24, 2.45) is 0 Å². The van der Waals surface area contributed by atoms with Gasteiger partial charge in [0.2, 0.25) is 0 Å². The van der Waals surface area contributed by atoms with Crippen LogP contribution in [0, 0.1) is 0 Å². The highest BCUT2D eigenvalue weighted by molar-refractivity contribution is 7.92. The van der Waals surface area contributed by atoms with Gasteiger partial charge in [0.1, 0.15) is 0 Å². The fourth-order valence-corrected chi connectivity index (χ4v) is 4.88. The number of likely N-dealkylation sites (tertiary alicyclic amines) is 1. The number of amides is 1. The summed E-state index contributed by atoms with van der Waals surface area (Å²) < 4.78 is 25.4. The second kappa shape index (κ2) is 6.75. The van der Waals surface area contributed by atoms with Gasteiger partial charge in [-0.25, -0.2) is 8.42 Å². The fourth-order valence-electron chi connectivity index (χ4n) is 2.80. The van der Waals surface area contributed by atoms with Crippen LogP contribution in [0.5, 0.6) is 0 Å². The van der Waals surface area contributed by atoms with Crippen molar-refractivity contribution < 1.29 is 13.2 Å². The third kappa shape index (κ3) is 3.29. The molecular weight excluding hydrogens is 369 g/mol. The number of hydrogen-bond donors (Lipinski definition) is 0. The Balaban J connectivity index is 1.80. The monoisotopic (exact) mass is 383 g/mol. The molecule has 0 radical (unpaired) electrons. The van der Waals surface area contributed by atoms with E-state index < -0.39 is 15.1 Å². The van der Waals surface area contributed by atoms with E-state index in [4.69, 9.17) is 23.2 Å². The summed E-state index contributed by atoms with van der Waals surface area (Å²) in [5, 5.41) is 0.107. The van der Waals surface area contributed by atoms with Gasteiger partial charge in [0.15, 0.2) is 9.84 Å². The van der Waals surface area contributed by atoms with E-state index in [9.17, 15) is 13.2 Å². The lowest BCUT2D eigenvalue weighted by atomic mass is 10.2. The molecule has 24 heavy (non-hydrogen) atoms. The van der Waals surface area contributed by atoms with E-state index >= 15 is 0 Å². The highest BCUT2D eigenvalue weighted by Crippen LogP contribution is 2.27. The van der Waals surface area contributed by atoms with Gasteiger partial charge in [-0.05, 0) is 36.8 Å². The summed E-state index contributed by atoms with van der Waals surface area (Å²) in [6.07, 6.45) is 0.404. The maximum Gasteiger partial charge on any atom is 0.255 e. The van der Waals surface area contributed by atoms with Crippen LogP contribution >= 0.6 is 23.2 Å². The average molecular weight is 384 g/mol. The zero-order valence-electron chi connectivity index (χ0n) is 12.7. The van der Waals surface area contributed by atoms with Crippen molar-refractivity contribution in [1.29, 1.82) is 0 Å². The molecule has 2 aromatic rings. The fraction of sp³-hybridized carbons (Fsp3) is 0.235. The first-order chi connectivity index (χ1) is 11.4. The first-order valence-electron chi connectivity index (χ1n) is 7.43. The highest BCUT2D eigenvalue weighted by Gasteiger charge is 2.36. The smallest absolute Gasteiger partial charge is 0.255 e. The van der Waals surface area contributed by atoms with Gasteiger partial charge in [-0.15, -0.1) is 0 Å². The molecule has 1 aliphatic rings. The van der Waals surface area contributed by atoms with Crippen LogP contribution < -0.4 is 0 Å². The Labute approximate surface area is 150 Å². The summed E-state index contributed by atoms with van der Waals surface area (Å²) >= 11 is 12.0. The lowest BCUT2D eigenvalue weighted by Crippen LogP contribution is -2.32. The summed E-state index contributed by atoms with van der Waals surface area (Å²) in [5.41, 5.74) is 0.293. The van der Waals surface area contributed by atoms with Crippen molar-refractivity contribution in [3.8, 4) is 0 Å². The predicted molar refractivity (Wildman–Crippen MR) is 94.4 cm³/mol. The molecule has 0 spiro atoms. The summed E-state index contributed by atoms with van der Waals surface area (Å²) in [4.78, 5) is 14.4. The number of benzene rings is 2. The van der Waals surface area contributed by atoms with Gasteiger partial charge in [-0.1, -0.05) is 41.4 Å². The quantitative estimate of drug-likeness (QED) is 0.811. The Hall–Kier alpha value is -1.56. The van der Waals surface area contributed by atoms with Crippen LogP contribution in [0.2, 0.25) is 10.0 Å². The molecule has 0 saturated carbocycles. The Morgan fingerprint density at radius 2 is 1.79 bits per heavy atom. The second-order valence-corrected chi connectivity index (χ2v) is 8.72. The molecule has 2 aromatic carbocycles. The molecule has 7 heteroatoms. The third-order valence-electron chi connectivity index (χ3n) is 4.10. The molecule has 1 atom stereocenters. The van der Waals surface area contributed by atoms with Gasteiger partial charge < -0.3 is 4.90 Å². The number of sulfone groups is 1. The van der Waals surface area contributed by atoms with E-state index in [0.717, 1.165) is 0 Å². The molecule has 126 valence electrons. The summed E-state index contributed by atoms with van der Waals surface area (Å²) in [6.45, 7) is 0.525. The van der Waals surface area contributed by atoms with Crippen molar-refractivity contribution in [3.63, 3.8) is 0 Å². The van der Waals surface area contributed by atoms with Crippen molar-refractivity contribution in [2.45, 2.75) is 16.6 Å². The molecule has 0 bridgehead atoms. The van der Waals surface area contributed by atoms with Gasteiger partial charge in [-0.3, -0.25) is 4.79 Å². The summed E-state index contributed by atoms with van der Waals surface area (Å²) in [7, 11) is -3.46. The van der Waals surface area contributed by atoms with E-state index in [1.54, 1.807) is 42.5 Å². The molecule has 0 aliphatic carbocycles. The molecule has 4 nitrogen and oxygen atoms in total. The van der Waals surface area contributed by atoms with Gasteiger partial charge in [0, 0.05) is 18.1 Å². The van der Waals surface area contributed by atoms with Crippen LogP contribution in [0.15, 0.2) is 53.4 Å². The van der Waals surface area contributed by atoms with E-state index in [2.05, 4.69) is 0 Å². The lowest BCUT2D eigenvalue weighted by Gasteiger charge is -2.17. The zero-order chi connectivity index (χ0) is 17.3. The third-order valence-corrected chi connectivity index (χ3v) is 6.86. The molecule has 1 amide bonds. The minimum Gasteiger partial charge on any atom is -0.337 e. The highest BCUT2D eigenvalue weighted by atomic mass is 35.5. The average Bonchev–Trinajstić information content (AvgIpc) is 3.08. The standard InChI is InChI=1S/C17H15Cl2NO3S/c18-12-6-7-16(19)15(10-12)17(21)20-9-8-14(11-20)24(22,23)13-4-2-1-3-5-13/h1-7,10,14H,8-9,11H2. The van der Waals surface area contributed by atoms with Crippen molar-refractivity contribution in [2.75, 3.05) is 13.1 Å². The van der Waals surface area contributed by atoms with Crippen molar-refractivity contribution >= 4 is 38.9 Å². The maximum atomic E-state index is 12.7. The number of halogens is 2. The maximum absolute atomic E-state index is 12.7. The van der Waals surface area contributed by atoms with E-state index in [1.807, 2.05) is 0 Å². The Morgan fingerprint density at radius 3 is 2.50 bits per heavy atom. The van der Waals surface area contributed by atoms with Gasteiger partial charge in [0.05, 0.1) is 20.7 Å². The molecular formula is C17H15Cl2NO3S. The number of nitrogens with zero attached hydrogens (tertiary/aromatic N) is 1. The number of carbonyl (C=O) groups is 1. The molecule has 1 fully saturated rings. The molecule has 1 heterocycles. The molecule has 3 rings (SSSR count). The van der Waals surface area contributed by atoms with Crippen LogP contribution in [0.1, 0.15) is 16.8 Å². The first kappa shape index (κ1) is 17.3. The van der Waals surface area contributed by atoms with Crippen LogP contribution in [0.3, 0.4) is 0 Å². The Kier molecular flexibility index (Phi) is 4.85. The summed E-state index contributed by atoms with van der Waals surface area (Å²) in [6, 6.07) is 13.0. The Bertz CT molecular complexity index is 869. The van der Waals surface area contributed by atoms with Crippen LogP contribution in [0.25, 0.3) is 0 Å².